The molecule has 136 valence electrons. The molecule has 2 N–H and O–H groups in total. The number of nitrogens with one attached hydrogen (secondary N) is 2. The monoisotopic (exact) mass is 416 g/mol. The fourth-order valence-electron chi connectivity index (χ4n) is 3.09. The standard InChI is InChI=1S/C18H21BrN6O/c19-15-12-20-17(23-16(15)24-9-4-10-24)21-13-5-3-6-14(11-13)22-18(26)25-7-1-2-8-25/h3,5-6,11-12H,1-2,4,7-10H2,(H,22,26)(H,20,21,23). The molecule has 4 rings (SSSR count). The van der Waals surface area contributed by atoms with Crippen molar-refractivity contribution < 1.29 is 4.79 Å². The minimum absolute atomic E-state index is 0.0420. The first kappa shape index (κ1) is 17.1. The van der Waals surface area contributed by atoms with Crippen molar-refractivity contribution in [2.75, 3.05) is 41.7 Å². The van der Waals surface area contributed by atoms with Crippen molar-refractivity contribution in [3.8, 4) is 0 Å². The number of urea groups is 1. The summed E-state index contributed by atoms with van der Waals surface area (Å²) in [5.74, 6) is 1.45. The molecule has 3 heterocycles. The lowest BCUT2D eigenvalue weighted by molar-refractivity contribution is 0.222. The van der Waals surface area contributed by atoms with Gasteiger partial charge in [0.05, 0.1) is 4.47 Å². The van der Waals surface area contributed by atoms with Crippen LogP contribution in [0.3, 0.4) is 0 Å². The number of hydrogen-bond donors (Lipinski definition) is 2. The topological polar surface area (TPSA) is 73.4 Å². The van der Waals surface area contributed by atoms with E-state index in [0.717, 1.165) is 60.7 Å². The largest absolute Gasteiger partial charge is 0.355 e. The highest BCUT2D eigenvalue weighted by atomic mass is 79.9. The molecular formula is C18H21BrN6O. The fourth-order valence-corrected chi connectivity index (χ4v) is 3.54. The van der Waals surface area contributed by atoms with Crippen LogP contribution in [0.1, 0.15) is 19.3 Å². The van der Waals surface area contributed by atoms with Crippen molar-refractivity contribution in [3.63, 3.8) is 0 Å². The molecule has 8 heteroatoms. The summed E-state index contributed by atoms with van der Waals surface area (Å²) >= 11 is 3.52. The smallest absolute Gasteiger partial charge is 0.321 e. The number of nitrogens with zero attached hydrogens (tertiary/aromatic N) is 4. The van der Waals surface area contributed by atoms with E-state index in [2.05, 4.69) is 41.4 Å². The quantitative estimate of drug-likeness (QED) is 0.792. The number of carbonyl (C=O) groups excluding carboxylic acids is 1. The molecule has 1 aromatic carbocycles. The molecule has 2 saturated heterocycles. The SMILES string of the molecule is O=C(Nc1cccc(Nc2ncc(Br)c(N3CCC3)n2)c1)N1CCCC1. The lowest BCUT2D eigenvalue weighted by Crippen LogP contribution is -2.38. The van der Waals surface area contributed by atoms with Crippen molar-refractivity contribution in [2.45, 2.75) is 19.3 Å². The predicted molar refractivity (Wildman–Crippen MR) is 106 cm³/mol. The first-order valence-electron chi connectivity index (χ1n) is 8.89. The van der Waals surface area contributed by atoms with Crippen molar-refractivity contribution >= 4 is 45.1 Å². The maximum Gasteiger partial charge on any atom is 0.321 e. The van der Waals surface area contributed by atoms with Crippen LogP contribution in [0.15, 0.2) is 34.9 Å². The molecule has 0 unspecified atom stereocenters. The number of aromatic nitrogens is 2. The average molecular weight is 417 g/mol. The highest BCUT2D eigenvalue weighted by Crippen LogP contribution is 2.28. The van der Waals surface area contributed by atoms with Crippen molar-refractivity contribution in [1.82, 2.24) is 14.9 Å². The number of hydrogen-bond acceptors (Lipinski definition) is 5. The van der Waals surface area contributed by atoms with Gasteiger partial charge >= 0.3 is 6.03 Å². The Morgan fingerprint density at radius 2 is 1.85 bits per heavy atom. The number of anilines is 4. The minimum Gasteiger partial charge on any atom is -0.355 e. The number of rotatable bonds is 4. The van der Waals surface area contributed by atoms with Gasteiger partial charge in [-0.05, 0) is 53.4 Å². The summed E-state index contributed by atoms with van der Waals surface area (Å²) in [4.78, 5) is 25.2. The van der Waals surface area contributed by atoms with Gasteiger partial charge in [0.1, 0.15) is 5.82 Å². The molecule has 2 amide bonds. The summed E-state index contributed by atoms with van der Waals surface area (Å²) in [6.45, 7) is 3.70. The Morgan fingerprint density at radius 3 is 2.58 bits per heavy atom. The third-order valence-electron chi connectivity index (χ3n) is 4.64. The van der Waals surface area contributed by atoms with E-state index in [1.807, 2.05) is 29.2 Å². The van der Waals surface area contributed by atoms with E-state index in [4.69, 9.17) is 0 Å². The van der Waals surface area contributed by atoms with Crippen LogP contribution in [0.2, 0.25) is 0 Å². The zero-order valence-corrected chi connectivity index (χ0v) is 16.0. The van der Waals surface area contributed by atoms with Crippen LogP contribution in [0.4, 0.5) is 27.9 Å². The Kier molecular flexibility index (Phi) is 4.92. The Labute approximate surface area is 160 Å². The molecule has 2 aromatic rings. The molecule has 7 nitrogen and oxygen atoms in total. The first-order chi connectivity index (χ1) is 12.7. The summed E-state index contributed by atoms with van der Waals surface area (Å²) < 4.78 is 0.898. The lowest BCUT2D eigenvalue weighted by atomic mass is 10.2. The summed E-state index contributed by atoms with van der Waals surface area (Å²) in [5, 5.41) is 6.18. The molecular weight excluding hydrogens is 396 g/mol. The molecule has 2 aliphatic heterocycles. The van der Waals surface area contributed by atoms with Crippen LogP contribution < -0.4 is 15.5 Å². The summed E-state index contributed by atoms with van der Waals surface area (Å²) in [6, 6.07) is 7.56. The zero-order chi connectivity index (χ0) is 17.9. The van der Waals surface area contributed by atoms with Crippen LogP contribution in [-0.4, -0.2) is 47.1 Å². The second kappa shape index (κ2) is 7.49. The second-order valence-corrected chi connectivity index (χ2v) is 7.39. The summed E-state index contributed by atoms with van der Waals surface area (Å²) in [7, 11) is 0. The Bertz CT molecular complexity index is 804. The van der Waals surface area contributed by atoms with E-state index < -0.39 is 0 Å². The van der Waals surface area contributed by atoms with Gasteiger partial charge in [0, 0.05) is 43.8 Å². The maximum absolute atomic E-state index is 12.2. The van der Waals surface area contributed by atoms with Gasteiger partial charge in [-0.1, -0.05) is 6.07 Å². The van der Waals surface area contributed by atoms with E-state index in [1.54, 1.807) is 6.20 Å². The number of halogens is 1. The molecule has 2 aliphatic rings. The molecule has 0 radical (unpaired) electrons. The first-order valence-corrected chi connectivity index (χ1v) is 9.69. The summed E-state index contributed by atoms with van der Waals surface area (Å²) in [6.07, 6.45) is 5.12. The lowest BCUT2D eigenvalue weighted by Gasteiger charge is -2.32. The van der Waals surface area contributed by atoms with Crippen molar-refractivity contribution in [1.29, 1.82) is 0 Å². The van der Waals surface area contributed by atoms with E-state index in [-0.39, 0.29) is 6.03 Å². The van der Waals surface area contributed by atoms with Crippen LogP contribution in [0.25, 0.3) is 0 Å². The van der Waals surface area contributed by atoms with Gasteiger partial charge in [0.15, 0.2) is 0 Å². The molecule has 26 heavy (non-hydrogen) atoms. The van der Waals surface area contributed by atoms with Crippen LogP contribution in [-0.2, 0) is 0 Å². The molecule has 0 saturated carbocycles. The molecule has 2 fully saturated rings. The number of amides is 2. The second-order valence-electron chi connectivity index (χ2n) is 6.54. The minimum atomic E-state index is -0.0420. The van der Waals surface area contributed by atoms with E-state index in [0.29, 0.717) is 5.95 Å². The normalized spacial score (nSPS) is 16.3. The third kappa shape index (κ3) is 3.75. The predicted octanol–water partition coefficient (Wildman–Crippen LogP) is 3.82. The van der Waals surface area contributed by atoms with Gasteiger partial charge in [-0.25, -0.2) is 9.78 Å². The van der Waals surface area contributed by atoms with Crippen LogP contribution in [0.5, 0.6) is 0 Å². The van der Waals surface area contributed by atoms with Crippen LogP contribution >= 0.6 is 15.9 Å². The molecule has 0 spiro atoms. The Hall–Kier alpha value is -2.35. The van der Waals surface area contributed by atoms with Gasteiger partial charge in [0.25, 0.3) is 0 Å². The van der Waals surface area contributed by atoms with Crippen molar-refractivity contribution in [2.24, 2.45) is 0 Å². The number of carbonyl (C=O) groups is 1. The molecule has 1 aromatic heterocycles. The third-order valence-corrected chi connectivity index (χ3v) is 5.20. The average Bonchev–Trinajstić information content (AvgIpc) is 3.11. The van der Waals surface area contributed by atoms with E-state index in [1.165, 1.54) is 6.42 Å². The van der Waals surface area contributed by atoms with E-state index >= 15 is 0 Å². The molecule has 0 aliphatic carbocycles. The zero-order valence-electron chi connectivity index (χ0n) is 14.4. The van der Waals surface area contributed by atoms with Crippen molar-refractivity contribution in [3.05, 3.63) is 34.9 Å². The Morgan fingerprint density at radius 1 is 1.08 bits per heavy atom. The van der Waals surface area contributed by atoms with Gasteiger partial charge in [-0.15, -0.1) is 0 Å². The highest BCUT2D eigenvalue weighted by molar-refractivity contribution is 9.10. The van der Waals surface area contributed by atoms with Gasteiger partial charge in [0.2, 0.25) is 5.95 Å². The maximum atomic E-state index is 12.2. The van der Waals surface area contributed by atoms with Gasteiger partial charge < -0.3 is 20.4 Å². The fraction of sp³-hybridized carbons (Fsp3) is 0.389. The van der Waals surface area contributed by atoms with Gasteiger partial charge in [-0.3, -0.25) is 0 Å². The Balaban J connectivity index is 1.46. The highest BCUT2D eigenvalue weighted by Gasteiger charge is 2.20. The van der Waals surface area contributed by atoms with Gasteiger partial charge in [-0.2, -0.15) is 4.98 Å². The molecule has 0 bridgehead atoms. The molecule has 0 atom stereocenters. The van der Waals surface area contributed by atoms with E-state index in [9.17, 15) is 4.79 Å². The van der Waals surface area contributed by atoms with Crippen LogP contribution in [0, 0.1) is 0 Å². The number of likely N-dealkylation sites (tertiary alicyclic amines) is 1. The number of benzene rings is 1. The summed E-state index contributed by atoms with van der Waals surface area (Å²) in [5.41, 5.74) is 1.59.